The van der Waals surface area contributed by atoms with Crippen LogP contribution in [0, 0.1) is 0 Å². The van der Waals surface area contributed by atoms with Crippen molar-refractivity contribution in [3.05, 3.63) is 121 Å². The van der Waals surface area contributed by atoms with Crippen molar-refractivity contribution in [3.8, 4) is 33.8 Å². The fourth-order valence-electron chi connectivity index (χ4n) is 6.18. The first-order valence-corrected chi connectivity index (χ1v) is 15.4. The molecule has 8 rings (SSSR count). The third-order valence-electron chi connectivity index (χ3n) is 9.28. The molecule has 1 fully saturated rings. The maximum absolute atomic E-state index is 6.40. The van der Waals surface area contributed by atoms with Crippen molar-refractivity contribution in [2.24, 2.45) is 0 Å². The average molecular weight is 586 g/mol. The predicted octanol–water partition coefficient (Wildman–Crippen LogP) is 8.63. The van der Waals surface area contributed by atoms with Crippen LogP contribution >= 0.6 is 0 Å². The largest absolute Gasteiger partial charge is 0.494 e. The molecule has 45 heavy (non-hydrogen) atoms. The van der Waals surface area contributed by atoms with Crippen LogP contribution in [0.3, 0.4) is 0 Å². The van der Waals surface area contributed by atoms with E-state index in [1.807, 2.05) is 42.5 Å². The summed E-state index contributed by atoms with van der Waals surface area (Å²) in [5, 5.41) is 3.11. The molecule has 0 atom stereocenters. The quantitative estimate of drug-likeness (QED) is 0.153. The maximum atomic E-state index is 6.40. The molecule has 0 N–H and O–H groups in total. The predicted molar refractivity (Wildman–Crippen MR) is 184 cm³/mol. The molecule has 0 bridgehead atoms. The number of hydrogen-bond acceptors (Lipinski definition) is 5. The van der Waals surface area contributed by atoms with Gasteiger partial charge in [-0.2, -0.15) is 0 Å². The van der Waals surface area contributed by atoms with Crippen molar-refractivity contribution in [1.82, 2.24) is 15.0 Å². The van der Waals surface area contributed by atoms with Crippen LogP contribution in [-0.2, 0) is 9.31 Å². The number of rotatable bonds is 4. The fourth-order valence-corrected chi connectivity index (χ4v) is 6.18. The zero-order valence-corrected chi connectivity index (χ0v) is 25.8. The molecule has 0 spiro atoms. The lowest BCUT2D eigenvalue weighted by molar-refractivity contribution is 0.00578. The Balaban J connectivity index is 1.39. The van der Waals surface area contributed by atoms with E-state index in [2.05, 4.69) is 107 Å². The Morgan fingerprint density at radius 3 is 1.76 bits per heavy atom. The molecule has 0 unspecified atom stereocenters. The highest BCUT2D eigenvalue weighted by atomic mass is 16.7. The van der Waals surface area contributed by atoms with Crippen LogP contribution < -0.4 is 5.46 Å². The molecule has 3 heterocycles. The lowest BCUT2D eigenvalue weighted by Crippen LogP contribution is -2.41. The Morgan fingerprint density at radius 2 is 1.07 bits per heavy atom. The molecule has 0 aliphatic carbocycles. The second-order valence-corrected chi connectivity index (χ2v) is 12.7. The number of benzene rings is 5. The van der Waals surface area contributed by atoms with Crippen LogP contribution in [0.25, 0.3) is 66.5 Å². The summed E-state index contributed by atoms with van der Waals surface area (Å²) in [4.78, 5) is 15.9. The highest BCUT2D eigenvalue weighted by Gasteiger charge is 2.51. The molecule has 1 aliphatic rings. The maximum Gasteiger partial charge on any atom is 0.494 e. The second kappa shape index (κ2) is 10.3. The molecular weight excluding hydrogens is 553 g/mol. The Kier molecular flexibility index (Phi) is 6.35. The zero-order valence-electron chi connectivity index (χ0n) is 25.8. The van der Waals surface area contributed by atoms with Crippen molar-refractivity contribution in [2.45, 2.75) is 38.9 Å². The van der Waals surface area contributed by atoms with E-state index in [1.165, 1.54) is 0 Å². The molecule has 0 saturated carbocycles. The topological polar surface area (TPSA) is 57.1 Å². The van der Waals surface area contributed by atoms with E-state index in [0.29, 0.717) is 0 Å². The minimum absolute atomic E-state index is 0.422. The Morgan fingerprint density at radius 1 is 0.489 bits per heavy atom. The summed E-state index contributed by atoms with van der Waals surface area (Å²) in [6.45, 7) is 8.31. The Labute approximate surface area is 263 Å². The molecule has 1 saturated heterocycles. The summed E-state index contributed by atoms with van der Waals surface area (Å²) in [5.74, 6) is 0. The first kappa shape index (κ1) is 27.6. The van der Waals surface area contributed by atoms with E-state index in [4.69, 9.17) is 24.3 Å². The number of fused-ring (bicyclic) bond motifs is 5. The number of nitrogens with zero attached hydrogens (tertiary/aromatic N) is 3. The summed E-state index contributed by atoms with van der Waals surface area (Å²) in [6.07, 6.45) is 0. The van der Waals surface area contributed by atoms with Gasteiger partial charge in [-0.05, 0) is 51.4 Å². The van der Waals surface area contributed by atoms with Crippen molar-refractivity contribution in [1.29, 1.82) is 0 Å². The first-order valence-electron chi connectivity index (χ1n) is 15.4. The Hall–Kier alpha value is -4.91. The summed E-state index contributed by atoms with van der Waals surface area (Å²) >= 11 is 0. The first-order chi connectivity index (χ1) is 21.8. The minimum atomic E-state index is -0.460. The van der Waals surface area contributed by atoms with Crippen LogP contribution in [0.15, 0.2) is 121 Å². The molecule has 2 aromatic heterocycles. The summed E-state index contributed by atoms with van der Waals surface area (Å²) in [5.41, 5.74) is 8.38. The van der Waals surface area contributed by atoms with Gasteiger partial charge in [0.05, 0.1) is 44.8 Å². The van der Waals surface area contributed by atoms with Gasteiger partial charge in [0.15, 0.2) is 0 Å². The highest BCUT2D eigenvalue weighted by molar-refractivity contribution is 6.62. The van der Waals surface area contributed by atoms with Crippen LogP contribution in [-0.4, -0.2) is 33.3 Å². The number of para-hydroxylation sites is 1. The van der Waals surface area contributed by atoms with Gasteiger partial charge in [-0.1, -0.05) is 103 Å². The lowest BCUT2D eigenvalue weighted by Gasteiger charge is -2.32. The normalized spacial score (nSPS) is 15.7. The fraction of sp³-hybridized carbons (Fsp3) is 0.154. The average Bonchev–Trinajstić information content (AvgIpc) is 3.30. The van der Waals surface area contributed by atoms with E-state index in [9.17, 15) is 0 Å². The van der Waals surface area contributed by atoms with Gasteiger partial charge in [-0.25, -0.2) is 15.0 Å². The number of pyridine rings is 1. The summed E-state index contributed by atoms with van der Waals surface area (Å²) in [6, 6.07) is 41.5. The number of hydrogen-bond donors (Lipinski definition) is 0. The van der Waals surface area contributed by atoms with E-state index < -0.39 is 18.3 Å². The molecule has 7 aromatic rings. The summed E-state index contributed by atoms with van der Waals surface area (Å²) in [7, 11) is -0.460. The van der Waals surface area contributed by atoms with E-state index >= 15 is 0 Å². The van der Waals surface area contributed by atoms with E-state index in [0.717, 1.165) is 71.9 Å². The standard InChI is InChI=1S/C39H32BN3O2/c1-38(2)39(3,4)45-40(44-38)28-19-13-18-27(24-28)34-30-22-23-32-37(33(30)29-20-11-12-21-31(29)41-34)43-36(26-16-9-6-10-17-26)35(42-32)25-14-7-5-8-15-25/h5-24H,1-4H3. The molecule has 218 valence electrons. The molecule has 0 amide bonds. The van der Waals surface area contributed by atoms with E-state index in [-0.39, 0.29) is 0 Å². The summed E-state index contributed by atoms with van der Waals surface area (Å²) < 4.78 is 12.8. The van der Waals surface area contributed by atoms with Crippen molar-refractivity contribution in [3.63, 3.8) is 0 Å². The van der Waals surface area contributed by atoms with Crippen LogP contribution in [0.1, 0.15) is 27.7 Å². The van der Waals surface area contributed by atoms with Crippen LogP contribution in [0.5, 0.6) is 0 Å². The van der Waals surface area contributed by atoms with Gasteiger partial charge in [0, 0.05) is 32.8 Å². The Bertz CT molecular complexity index is 2220. The smallest absolute Gasteiger partial charge is 0.399 e. The van der Waals surface area contributed by atoms with Gasteiger partial charge in [0.2, 0.25) is 0 Å². The zero-order chi connectivity index (χ0) is 30.8. The molecule has 1 aliphatic heterocycles. The van der Waals surface area contributed by atoms with Crippen LogP contribution in [0.2, 0.25) is 0 Å². The van der Waals surface area contributed by atoms with Crippen LogP contribution in [0.4, 0.5) is 0 Å². The molecule has 0 radical (unpaired) electrons. The van der Waals surface area contributed by atoms with Gasteiger partial charge in [-0.15, -0.1) is 0 Å². The van der Waals surface area contributed by atoms with Gasteiger partial charge in [-0.3, -0.25) is 0 Å². The lowest BCUT2D eigenvalue weighted by atomic mass is 9.78. The minimum Gasteiger partial charge on any atom is -0.399 e. The van der Waals surface area contributed by atoms with Crippen molar-refractivity contribution < 1.29 is 9.31 Å². The number of aromatic nitrogens is 3. The third-order valence-corrected chi connectivity index (χ3v) is 9.28. The van der Waals surface area contributed by atoms with Crippen molar-refractivity contribution >= 4 is 45.3 Å². The monoisotopic (exact) mass is 585 g/mol. The second-order valence-electron chi connectivity index (χ2n) is 12.7. The SMILES string of the molecule is CC1(C)OB(c2cccc(-c3nc4ccccc4c4c3ccc3nc(-c5ccccc5)c(-c5ccccc5)nc34)c2)OC1(C)C. The van der Waals surface area contributed by atoms with Gasteiger partial charge in [0.25, 0.3) is 0 Å². The van der Waals surface area contributed by atoms with Gasteiger partial charge < -0.3 is 9.31 Å². The molecule has 6 heteroatoms. The third kappa shape index (κ3) is 4.60. The molecule has 5 aromatic carbocycles. The molecular formula is C39H32BN3O2. The highest BCUT2D eigenvalue weighted by Crippen LogP contribution is 2.40. The molecule has 5 nitrogen and oxygen atoms in total. The van der Waals surface area contributed by atoms with Gasteiger partial charge >= 0.3 is 7.12 Å². The van der Waals surface area contributed by atoms with Crippen molar-refractivity contribution in [2.75, 3.05) is 0 Å². The van der Waals surface area contributed by atoms with E-state index in [1.54, 1.807) is 0 Å². The van der Waals surface area contributed by atoms with Gasteiger partial charge in [0.1, 0.15) is 0 Å².